The number of nitrogens with one attached hydrogen (secondary N) is 1. The molecule has 1 N–H and O–H groups in total. The Morgan fingerprint density at radius 3 is 2.78 bits per heavy atom. The summed E-state index contributed by atoms with van der Waals surface area (Å²) in [6, 6.07) is 1.55. The smallest absolute Gasteiger partial charge is 0.265 e. The molecular formula is C16H20N4O2S. The van der Waals surface area contributed by atoms with Crippen LogP contribution in [0.2, 0.25) is 0 Å². The molecule has 0 saturated carbocycles. The first-order valence-corrected chi connectivity index (χ1v) is 8.57. The topological polar surface area (TPSA) is 79.0 Å². The third-order valence-electron chi connectivity index (χ3n) is 4.10. The number of likely N-dealkylation sites (tertiary alicyclic amines) is 1. The van der Waals surface area contributed by atoms with Crippen LogP contribution >= 0.6 is 11.3 Å². The van der Waals surface area contributed by atoms with E-state index in [2.05, 4.69) is 15.0 Å². The summed E-state index contributed by atoms with van der Waals surface area (Å²) in [5, 5.41) is 0.909. The van der Waals surface area contributed by atoms with E-state index in [1.54, 1.807) is 13.0 Å². The van der Waals surface area contributed by atoms with Gasteiger partial charge in [-0.1, -0.05) is 0 Å². The molecule has 6 nitrogen and oxygen atoms in total. The monoisotopic (exact) mass is 332 g/mol. The number of hydrogen-bond acceptors (Lipinski definition) is 5. The van der Waals surface area contributed by atoms with Crippen molar-refractivity contribution in [1.82, 2.24) is 19.9 Å². The first-order chi connectivity index (χ1) is 10.9. The third-order valence-corrected chi connectivity index (χ3v) is 5.17. The fourth-order valence-electron chi connectivity index (χ4n) is 3.09. The minimum absolute atomic E-state index is 0.0411. The average Bonchev–Trinajstić information content (AvgIpc) is 2.84. The summed E-state index contributed by atoms with van der Waals surface area (Å²) in [6.45, 7) is 6.91. The molecule has 3 heterocycles. The second kappa shape index (κ2) is 6.23. The van der Waals surface area contributed by atoms with Crippen LogP contribution in [0.25, 0.3) is 0 Å². The van der Waals surface area contributed by atoms with Crippen molar-refractivity contribution < 1.29 is 4.79 Å². The van der Waals surface area contributed by atoms with Gasteiger partial charge >= 0.3 is 0 Å². The lowest BCUT2D eigenvalue weighted by Gasteiger charge is -2.32. The SMILES string of the molecule is Cc1nc([C@@H]2CCCN(C(=O)c3sc(C)nc3C)C2)cc(=O)[nH]1. The van der Waals surface area contributed by atoms with E-state index in [4.69, 9.17) is 0 Å². The van der Waals surface area contributed by atoms with Gasteiger partial charge in [-0.25, -0.2) is 9.97 Å². The highest BCUT2D eigenvalue weighted by Gasteiger charge is 2.28. The van der Waals surface area contributed by atoms with Gasteiger partial charge in [-0.05, 0) is 33.6 Å². The number of thiazole rings is 1. The highest BCUT2D eigenvalue weighted by molar-refractivity contribution is 7.13. The number of H-pyrrole nitrogens is 1. The van der Waals surface area contributed by atoms with Crippen molar-refractivity contribution in [2.75, 3.05) is 13.1 Å². The number of hydrogen-bond donors (Lipinski definition) is 1. The van der Waals surface area contributed by atoms with Gasteiger partial charge in [0.25, 0.3) is 11.5 Å². The maximum absolute atomic E-state index is 12.8. The Morgan fingerprint density at radius 1 is 1.35 bits per heavy atom. The van der Waals surface area contributed by atoms with E-state index in [1.165, 1.54) is 11.3 Å². The summed E-state index contributed by atoms with van der Waals surface area (Å²) < 4.78 is 0. The number of carbonyl (C=O) groups excluding carboxylic acids is 1. The van der Waals surface area contributed by atoms with Gasteiger partial charge in [-0.2, -0.15) is 0 Å². The number of carbonyl (C=O) groups is 1. The molecule has 0 aromatic carbocycles. The van der Waals surface area contributed by atoms with E-state index in [9.17, 15) is 9.59 Å². The molecule has 0 bridgehead atoms. The van der Waals surface area contributed by atoms with Crippen molar-refractivity contribution in [3.05, 3.63) is 43.5 Å². The normalized spacial score (nSPS) is 18.2. The lowest BCUT2D eigenvalue weighted by Crippen LogP contribution is -2.39. The fourth-order valence-corrected chi connectivity index (χ4v) is 3.98. The first-order valence-electron chi connectivity index (χ1n) is 7.75. The summed E-state index contributed by atoms with van der Waals surface area (Å²) in [7, 11) is 0. The molecular weight excluding hydrogens is 312 g/mol. The first kappa shape index (κ1) is 15.9. The molecule has 1 fully saturated rings. The Kier molecular flexibility index (Phi) is 4.30. The van der Waals surface area contributed by atoms with Gasteiger partial charge < -0.3 is 9.88 Å². The highest BCUT2D eigenvalue weighted by atomic mass is 32.1. The van der Waals surface area contributed by atoms with E-state index >= 15 is 0 Å². The van der Waals surface area contributed by atoms with E-state index in [0.29, 0.717) is 12.4 Å². The molecule has 3 rings (SSSR count). The molecule has 1 aliphatic heterocycles. The van der Waals surface area contributed by atoms with Crippen molar-refractivity contribution in [2.45, 2.75) is 39.5 Å². The van der Waals surface area contributed by atoms with Crippen LogP contribution in [-0.2, 0) is 0 Å². The molecule has 7 heteroatoms. The van der Waals surface area contributed by atoms with Crippen molar-refractivity contribution in [3.8, 4) is 0 Å². The number of aryl methyl sites for hydroxylation is 3. The van der Waals surface area contributed by atoms with Gasteiger partial charge in [0.1, 0.15) is 10.7 Å². The summed E-state index contributed by atoms with van der Waals surface area (Å²) in [6.07, 6.45) is 1.86. The number of nitrogens with zero attached hydrogens (tertiary/aromatic N) is 3. The van der Waals surface area contributed by atoms with Gasteiger partial charge in [0.15, 0.2) is 0 Å². The second-order valence-corrected chi connectivity index (χ2v) is 7.20. The Morgan fingerprint density at radius 2 is 2.13 bits per heavy atom. The fraction of sp³-hybridized carbons (Fsp3) is 0.500. The average molecular weight is 332 g/mol. The molecule has 122 valence electrons. The van der Waals surface area contributed by atoms with Crippen LogP contribution in [-0.4, -0.2) is 38.8 Å². The molecule has 23 heavy (non-hydrogen) atoms. The zero-order chi connectivity index (χ0) is 16.6. The molecule has 1 amide bonds. The van der Waals surface area contributed by atoms with E-state index < -0.39 is 0 Å². The Hall–Kier alpha value is -2.02. The summed E-state index contributed by atoms with van der Waals surface area (Å²) in [4.78, 5) is 38.4. The molecule has 0 aliphatic carbocycles. The van der Waals surface area contributed by atoms with Crippen molar-refractivity contribution in [3.63, 3.8) is 0 Å². The van der Waals surface area contributed by atoms with E-state index in [-0.39, 0.29) is 17.4 Å². The zero-order valence-corrected chi connectivity index (χ0v) is 14.4. The van der Waals surface area contributed by atoms with Crippen molar-refractivity contribution in [2.24, 2.45) is 0 Å². The number of aromatic amines is 1. The van der Waals surface area contributed by atoms with Gasteiger partial charge in [0.2, 0.25) is 0 Å². The van der Waals surface area contributed by atoms with E-state index in [1.807, 2.05) is 18.7 Å². The summed E-state index contributed by atoms with van der Waals surface area (Å²) in [5.41, 5.74) is 1.44. The maximum Gasteiger partial charge on any atom is 0.265 e. The molecule has 2 aromatic rings. The number of aromatic nitrogens is 3. The molecule has 1 atom stereocenters. The van der Waals surface area contributed by atoms with Crippen LogP contribution in [0.4, 0.5) is 0 Å². The van der Waals surface area contributed by atoms with Gasteiger partial charge in [-0.15, -0.1) is 11.3 Å². The predicted octanol–water partition coefficient (Wildman–Crippen LogP) is 2.17. The van der Waals surface area contributed by atoms with E-state index in [0.717, 1.165) is 40.7 Å². The zero-order valence-electron chi connectivity index (χ0n) is 13.5. The van der Waals surface area contributed by atoms with Gasteiger partial charge in [0, 0.05) is 25.1 Å². The number of piperidine rings is 1. The second-order valence-electron chi connectivity index (χ2n) is 5.99. The molecule has 1 aliphatic rings. The van der Waals surface area contributed by atoms with Crippen LogP contribution in [0.1, 0.15) is 50.7 Å². The van der Waals surface area contributed by atoms with Gasteiger partial charge in [-0.3, -0.25) is 9.59 Å². The van der Waals surface area contributed by atoms with Crippen LogP contribution in [0.5, 0.6) is 0 Å². The lowest BCUT2D eigenvalue weighted by atomic mass is 9.94. The largest absolute Gasteiger partial charge is 0.337 e. The number of rotatable bonds is 2. The third kappa shape index (κ3) is 3.34. The lowest BCUT2D eigenvalue weighted by molar-refractivity contribution is 0.0710. The Labute approximate surface area is 138 Å². The van der Waals surface area contributed by atoms with Crippen LogP contribution in [0, 0.1) is 20.8 Å². The molecule has 0 radical (unpaired) electrons. The van der Waals surface area contributed by atoms with Crippen LogP contribution in [0.3, 0.4) is 0 Å². The number of amides is 1. The molecule has 2 aromatic heterocycles. The highest BCUT2D eigenvalue weighted by Crippen LogP contribution is 2.27. The molecule has 0 spiro atoms. The standard InChI is InChI=1S/C16H20N4O2S/c1-9-15(23-11(3)17-9)16(22)20-6-4-5-12(8-20)13-7-14(21)19-10(2)18-13/h7,12H,4-6,8H2,1-3H3,(H,18,19,21)/t12-/m1/s1. The summed E-state index contributed by atoms with van der Waals surface area (Å²) >= 11 is 1.45. The van der Waals surface area contributed by atoms with Crippen molar-refractivity contribution >= 4 is 17.2 Å². The molecule has 0 unspecified atom stereocenters. The van der Waals surface area contributed by atoms with Crippen LogP contribution < -0.4 is 5.56 Å². The predicted molar refractivity (Wildman–Crippen MR) is 89.1 cm³/mol. The minimum Gasteiger partial charge on any atom is -0.337 e. The molecule has 1 saturated heterocycles. The van der Waals surface area contributed by atoms with Crippen LogP contribution in [0.15, 0.2) is 10.9 Å². The van der Waals surface area contributed by atoms with Gasteiger partial charge in [0.05, 0.1) is 16.4 Å². The maximum atomic E-state index is 12.8. The summed E-state index contributed by atoms with van der Waals surface area (Å²) in [5.74, 6) is 0.771. The Balaban J connectivity index is 1.82. The van der Waals surface area contributed by atoms with Crippen molar-refractivity contribution in [1.29, 1.82) is 0 Å². The Bertz CT molecular complexity index is 796. The minimum atomic E-state index is -0.134. The quantitative estimate of drug-likeness (QED) is 0.914.